The summed E-state index contributed by atoms with van der Waals surface area (Å²) in [5.74, 6) is 0.519. The van der Waals surface area contributed by atoms with E-state index in [4.69, 9.17) is 0 Å². The van der Waals surface area contributed by atoms with Crippen molar-refractivity contribution in [3.63, 3.8) is 0 Å². The van der Waals surface area contributed by atoms with E-state index in [9.17, 15) is 0 Å². The summed E-state index contributed by atoms with van der Waals surface area (Å²) in [6, 6.07) is 15.9. The van der Waals surface area contributed by atoms with Crippen molar-refractivity contribution in [1.29, 1.82) is 0 Å². The van der Waals surface area contributed by atoms with Crippen molar-refractivity contribution < 1.29 is 0 Å². The Balaban J connectivity index is 2.40. The second-order valence-corrected chi connectivity index (χ2v) is 5.40. The molecule has 2 aromatic rings. The first-order valence-corrected chi connectivity index (χ1v) is 7.31. The van der Waals surface area contributed by atoms with Crippen molar-refractivity contribution >= 4 is 0 Å². The lowest BCUT2D eigenvalue weighted by Gasteiger charge is -2.18. The number of aryl methyl sites for hydroxylation is 3. The van der Waals surface area contributed by atoms with E-state index >= 15 is 0 Å². The van der Waals surface area contributed by atoms with Crippen molar-refractivity contribution in [1.82, 2.24) is 0 Å². The number of hydrogen-bond acceptors (Lipinski definition) is 0. The van der Waals surface area contributed by atoms with Crippen LogP contribution < -0.4 is 0 Å². The normalized spacial score (nSPS) is 12.4. The molecule has 0 aliphatic carbocycles. The molecule has 0 saturated carbocycles. The molecule has 2 rings (SSSR count). The Morgan fingerprint density at radius 2 is 1.58 bits per heavy atom. The third-order valence-electron chi connectivity index (χ3n) is 4.10. The average molecular weight is 252 g/mol. The summed E-state index contributed by atoms with van der Waals surface area (Å²) in [6.07, 6.45) is 2.26. The van der Waals surface area contributed by atoms with E-state index in [0.717, 1.165) is 12.8 Å². The minimum Gasteiger partial charge on any atom is -0.0645 e. The molecule has 0 saturated heterocycles. The highest BCUT2D eigenvalue weighted by molar-refractivity contribution is 5.38. The highest BCUT2D eigenvalue weighted by Gasteiger charge is 2.12. The third-order valence-corrected chi connectivity index (χ3v) is 4.10. The lowest BCUT2D eigenvalue weighted by molar-refractivity contribution is 0.774. The quantitative estimate of drug-likeness (QED) is 0.682. The molecule has 0 bridgehead atoms. The molecule has 0 aliphatic rings. The van der Waals surface area contributed by atoms with Crippen LogP contribution in [-0.4, -0.2) is 0 Å². The van der Waals surface area contributed by atoms with Crippen LogP contribution in [0.4, 0.5) is 0 Å². The highest BCUT2D eigenvalue weighted by Crippen LogP contribution is 2.29. The topological polar surface area (TPSA) is 0 Å². The molecule has 2 aromatic carbocycles. The van der Waals surface area contributed by atoms with Gasteiger partial charge in [-0.3, -0.25) is 0 Å². The molecular formula is C19H24. The van der Waals surface area contributed by atoms with Crippen LogP contribution in [0.2, 0.25) is 0 Å². The summed E-state index contributed by atoms with van der Waals surface area (Å²) in [7, 11) is 0. The van der Waals surface area contributed by atoms with Gasteiger partial charge in [0.1, 0.15) is 0 Å². The zero-order valence-electron chi connectivity index (χ0n) is 12.5. The predicted octanol–water partition coefficient (Wildman–Crippen LogP) is 5.41. The van der Waals surface area contributed by atoms with Gasteiger partial charge < -0.3 is 0 Å². The van der Waals surface area contributed by atoms with Crippen LogP contribution in [0.25, 0.3) is 0 Å². The predicted molar refractivity (Wildman–Crippen MR) is 83.9 cm³/mol. The van der Waals surface area contributed by atoms with Crippen molar-refractivity contribution in [2.45, 2.75) is 46.5 Å². The number of rotatable bonds is 4. The van der Waals surface area contributed by atoms with Gasteiger partial charge in [-0.2, -0.15) is 0 Å². The van der Waals surface area contributed by atoms with Gasteiger partial charge in [0.25, 0.3) is 0 Å². The molecule has 0 amide bonds. The maximum atomic E-state index is 2.36. The van der Waals surface area contributed by atoms with Gasteiger partial charge in [0.2, 0.25) is 0 Å². The van der Waals surface area contributed by atoms with Crippen LogP contribution >= 0.6 is 0 Å². The van der Waals surface area contributed by atoms with Crippen molar-refractivity contribution in [3.8, 4) is 0 Å². The molecule has 0 aliphatic heterocycles. The maximum Gasteiger partial charge on any atom is 0.00869 e. The van der Waals surface area contributed by atoms with Gasteiger partial charge in [0.05, 0.1) is 0 Å². The van der Waals surface area contributed by atoms with E-state index in [0.29, 0.717) is 5.92 Å². The van der Waals surface area contributed by atoms with Crippen LogP contribution in [0.3, 0.4) is 0 Å². The SMILES string of the molecule is CCc1cccc(C(CC)c2ccc(C)c(C)c2)c1. The van der Waals surface area contributed by atoms with Gasteiger partial charge in [-0.15, -0.1) is 0 Å². The van der Waals surface area contributed by atoms with Gasteiger partial charge in [0, 0.05) is 5.92 Å². The number of hydrogen-bond donors (Lipinski definition) is 0. The fourth-order valence-corrected chi connectivity index (χ4v) is 2.68. The second-order valence-electron chi connectivity index (χ2n) is 5.40. The number of benzene rings is 2. The van der Waals surface area contributed by atoms with Crippen LogP contribution in [0.15, 0.2) is 42.5 Å². The summed E-state index contributed by atoms with van der Waals surface area (Å²) in [5.41, 5.74) is 7.09. The van der Waals surface area contributed by atoms with Gasteiger partial charge in [0.15, 0.2) is 0 Å². The Morgan fingerprint density at radius 1 is 0.842 bits per heavy atom. The molecule has 0 heterocycles. The molecule has 0 N–H and O–H groups in total. The largest absolute Gasteiger partial charge is 0.0645 e. The van der Waals surface area contributed by atoms with Crippen molar-refractivity contribution in [3.05, 3.63) is 70.3 Å². The van der Waals surface area contributed by atoms with E-state index in [2.05, 4.69) is 70.2 Å². The first kappa shape index (κ1) is 13.9. The van der Waals surface area contributed by atoms with Crippen LogP contribution in [0.1, 0.15) is 54.0 Å². The fraction of sp³-hybridized carbons (Fsp3) is 0.368. The molecule has 0 radical (unpaired) electrons. The summed E-state index contributed by atoms with van der Waals surface area (Å²) in [6.45, 7) is 8.88. The molecular weight excluding hydrogens is 228 g/mol. The highest BCUT2D eigenvalue weighted by atomic mass is 14.2. The molecule has 1 atom stereocenters. The van der Waals surface area contributed by atoms with E-state index in [-0.39, 0.29) is 0 Å². The van der Waals surface area contributed by atoms with Gasteiger partial charge in [-0.05, 0) is 54.5 Å². The summed E-state index contributed by atoms with van der Waals surface area (Å²) >= 11 is 0. The zero-order chi connectivity index (χ0) is 13.8. The standard InChI is InChI=1S/C19H24/c1-5-16-8-7-9-17(13-16)19(6-2)18-11-10-14(3)15(4)12-18/h7-13,19H,5-6H2,1-4H3. The molecule has 0 heteroatoms. The van der Waals surface area contributed by atoms with Crippen molar-refractivity contribution in [2.75, 3.05) is 0 Å². The molecule has 0 fully saturated rings. The molecule has 0 aromatic heterocycles. The molecule has 0 spiro atoms. The molecule has 1 unspecified atom stereocenters. The summed E-state index contributed by atoms with van der Waals surface area (Å²) in [4.78, 5) is 0. The molecule has 19 heavy (non-hydrogen) atoms. The third kappa shape index (κ3) is 3.07. The Kier molecular flexibility index (Phi) is 4.42. The van der Waals surface area contributed by atoms with Gasteiger partial charge >= 0.3 is 0 Å². The second kappa shape index (κ2) is 6.06. The van der Waals surface area contributed by atoms with E-state index in [1.165, 1.54) is 27.8 Å². The van der Waals surface area contributed by atoms with Crippen LogP contribution in [0, 0.1) is 13.8 Å². The average Bonchev–Trinajstić information content (AvgIpc) is 2.44. The monoisotopic (exact) mass is 252 g/mol. The lowest BCUT2D eigenvalue weighted by atomic mass is 9.87. The van der Waals surface area contributed by atoms with E-state index in [1.54, 1.807) is 0 Å². The van der Waals surface area contributed by atoms with E-state index in [1.807, 2.05) is 0 Å². The smallest absolute Gasteiger partial charge is 0.00869 e. The zero-order valence-corrected chi connectivity index (χ0v) is 12.5. The Labute approximate surface area is 117 Å². The fourth-order valence-electron chi connectivity index (χ4n) is 2.68. The Bertz CT molecular complexity index is 552. The first-order valence-electron chi connectivity index (χ1n) is 7.31. The van der Waals surface area contributed by atoms with E-state index < -0.39 is 0 Å². The van der Waals surface area contributed by atoms with Crippen molar-refractivity contribution in [2.24, 2.45) is 0 Å². The Morgan fingerprint density at radius 3 is 2.21 bits per heavy atom. The minimum absolute atomic E-state index is 0.519. The summed E-state index contributed by atoms with van der Waals surface area (Å²) < 4.78 is 0. The lowest BCUT2D eigenvalue weighted by Crippen LogP contribution is -2.01. The van der Waals surface area contributed by atoms with Crippen LogP contribution in [-0.2, 0) is 6.42 Å². The van der Waals surface area contributed by atoms with Crippen LogP contribution in [0.5, 0.6) is 0 Å². The molecule has 100 valence electrons. The molecule has 0 nitrogen and oxygen atoms in total. The Hall–Kier alpha value is -1.56. The maximum absolute atomic E-state index is 2.36. The first-order chi connectivity index (χ1) is 9.15. The van der Waals surface area contributed by atoms with Gasteiger partial charge in [-0.25, -0.2) is 0 Å². The minimum atomic E-state index is 0.519. The van der Waals surface area contributed by atoms with Gasteiger partial charge in [-0.1, -0.05) is 56.3 Å². The summed E-state index contributed by atoms with van der Waals surface area (Å²) in [5, 5.41) is 0.